The normalized spacial score (nSPS) is 23.5. The second-order valence-corrected chi connectivity index (χ2v) is 8.37. The van der Waals surface area contributed by atoms with Gasteiger partial charge in [-0.2, -0.15) is 0 Å². The van der Waals surface area contributed by atoms with E-state index in [1.54, 1.807) is 0 Å². The number of likely N-dealkylation sites (tertiary alicyclic amines) is 2. The maximum atomic E-state index is 5.60. The fourth-order valence-corrected chi connectivity index (χ4v) is 4.94. The van der Waals surface area contributed by atoms with Crippen LogP contribution >= 0.6 is 0 Å². The van der Waals surface area contributed by atoms with Gasteiger partial charge in [0.15, 0.2) is 0 Å². The van der Waals surface area contributed by atoms with E-state index in [-0.39, 0.29) is 0 Å². The molecule has 2 aliphatic heterocycles. The summed E-state index contributed by atoms with van der Waals surface area (Å²) in [4.78, 5) is 13.5. The Morgan fingerprint density at radius 3 is 2.44 bits per heavy atom. The van der Waals surface area contributed by atoms with Crippen molar-refractivity contribution in [2.24, 2.45) is 5.41 Å². The summed E-state index contributed by atoms with van der Waals surface area (Å²) < 4.78 is 0. The fraction of sp³-hybridized carbons (Fsp3) is 0.545. The zero-order valence-electron chi connectivity index (χ0n) is 16.3. The molecule has 27 heavy (non-hydrogen) atoms. The van der Waals surface area contributed by atoms with E-state index in [4.69, 9.17) is 5.73 Å². The van der Waals surface area contributed by atoms with Crippen LogP contribution in [0.5, 0.6) is 0 Å². The minimum Gasteiger partial charge on any atom is -0.368 e. The first kappa shape index (κ1) is 18.4. The molecule has 1 spiro atoms. The predicted octanol–water partition coefficient (Wildman–Crippen LogP) is 3.15. The van der Waals surface area contributed by atoms with Crippen molar-refractivity contribution < 1.29 is 0 Å². The zero-order chi connectivity index (χ0) is 18.7. The summed E-state index contributed by atoms with van der Waals surface area (Å²) in [5.74, 6) is 1.02. The molecule has 2 aromatic rings. The van der Waals surface area contributed by atoms with Gasteiger partial charge in [-0.3, -0.25) is 4.90 Å². The van der Waals surface area contributed by atoms with Gasteiger partial charge >= 0.3 is 0 Å². The van der Waals surface area contributed by atoms with Crippen LogP contribution in [-0.4, -0.2) is 52.5 Å². The van der Waals surface area contributed by atoms with Crippen molar-refractivity contribution >= 4 is 5.95 Å². The fourth-order valence-electron chi connectivity index (χ4n) is 4.94. The summed E-state index contributed by atoms with van der Waals surface area (Å²) in [5, 5.41) is 0. The molecule has 2 fully saturated rings. The Balaban J connectivity index is 1.41. The summed E-state index contributed by atoms with van der Waals surface area (Å²) >= 11 is 0. The molecular weight excluding hydrogens is 334 g/mol. The number of nitrogens with zero attached hydrogens (tertiary/aromatic N) is 4. The molecule has 4 rings (SSSR count). The van der Waals surface area contributed by atoms with Crippen LogP contribution in [0, 0.1) is 5.41 Å². The van der Waals surface area contributed by atoms with Crippen LogP contribution < -0.4 is 5.73 Å². The van der Waals surface area contributed by atoms with Gasteiger partial charge in [0.1, 0.15) is 0 Å². The Morgan fingerprint density at radius 2 is 1.78 bits per heavy atom. The van der Waals surface area contributed by atoms with E-state index in [2.05, 4.69) is 57.0 Å². The highest BCUT2D eigenvalue weighted by molar-refractivity contribution is 5.22. The van der Waals surface area contributed by atoms with Crippen molar-refractivity contribution in [3.05, 3.63) is 53.9 Å². The largest absolute Gasteiger partial charge is 0.368 e. The lowest BCUT2D eigenvalue weighted by molar-refractivity contribution is 0.0137. The van der Waals surface area contributed by atoms with Gasteiger partial charge in [0, 0.05) is 37.6 Å². The van der Waals surface area contributed by atoms with Gasteiger partial charge in [-0.15, -0.1) is 0 Å². The maximum Gasteiger partial charge on any atom is 0.219 e. The quantitative estimate of drug-likeness (QED) is 0.902. The second kappa shape index (κ2) is 7.95. The van der Waals surface area contributed by atoms with Crippen molar-refractivity contribution in [1.29, 1.82) is 0 Å². The maximum absolute atomic E-state index is 5.60. The molecule has 0 radical (unpaired) electrons. The van der Waals surface area contributed by atoms with Crippen LogP contribution in [0.15, 0.2) is 42.7 Å². The average molecular weight is 366 g/mol. The molecule has 0 saturated carbocycles. The van der Waals surface area contributed by atoms with Crippen LogP contribution in [0.1, 0.15) is 43.2 Å². The van der Waals surface area contributed by atoms with E-state index in [1.807, 2.05) is 12.4 Å². The first-order chi connectivity index (χ1) is 13.2. The van der Waals surface area contributed by atoms with Crippen molar-refractivity contribution in [3.8, 4) is 0 Å². The monoisotopic (exact) mass is 365 g/mol. The molecule has 2 saturated heterocycles. The second-order valence-electron chi connectivity index (χ2n) is 8.37. The molecular formula is C22H31N5. The lowest BCUT2D eigenvalue weighted by Gasteiger charge is -2.50. The topological polar surface area (TPSA) is 58.3 Å². The number of hydrogen-bond donors (Lipinski definition) is 1. The Hall–Kier alpha value is -1.98. The Kier molecular flexibility index (Phi) is 5.41. The first-order valence-corrected chi connectivity index (χ1v) is 10.2. The van der Waals surface area contributed by atoms with E-state index in [9.17, 15) is 0 Å². The van der Waals surface area contributed by atoms with Crippen LogP contribution in [0.3, 0.4) is 0 Å². The molecule has 0 aliphatic carbocycles. The minimum atomic E-state index is 0.352. The third-order valence-electron chi connectivity index (χ3n) is 6.48. The molecule has 144 valence electrons. The van der Waals surface area contributed by atoms with Gasteiger partial charge in [0.25, 0.3) is 0 Å². The van der Waals surface area contributed by atoms with Crippen molar-refractivity contribution in [2.75, 3.05) is 38.5 Å². The number of nitrogens with two attached hydrogens (primary N) is 1. The van der Waals surface area contributed by atoms with E-state index >= 15 is 0 Å². The van der Waals surface area contributed by atoms with Crippen molar-refractivity contribution in [1.82, 2.24) is 19.8 Å². The molecule has 5 heteroatoms. The van der Waals surface area contributed by atoms with Gasteiger partial charge in [-0.05, 0) is 55.8 Å². The molecule has 1 aromatic carbocycles. The number of likely N-dealkylation sites (N-methyl/N-ethyl adjacent to an activating group) is 1. The molecule has 1 atom stereocenters. The number of nitrogen functional groups attached to an aromatic ring is 1. The highest BCUT2D eigenvalue weighted by atomic mass is 15.2. The third-order valence-corrected chi connectivity index (χ3v) is 6.48. The number of anilines is 1. The molecule has 0 unspecified atom stereocenters. The molecule has 1 aromatic heterocycles. The molecule has 0 bridgehead atoms. The summed E-state index contributed by atoms with van der Waals surface area (Å²) in [7, 11) is 0. The standard InChI is InChI=1S/C22H31N5/c1-2-26-16-20(19-6-4-3-5-7-19)12-22(17-26)8-10-27(11-9-22)15-18-13-24-21(23)25-14-18/h3-7,13-14,20H,2,8-12,15-17H2,1H3,(H2,23,24,25)/t20-/m1/s1. The first-order valence-electron chi connectivity index (χ1n) is 10.2. The van der Waals surface area contributed by atoms with E-state index in [0.717, 1.165) is 31.7 Å². The number of benzene rings is 1. The van der Waals surface area contributed by atoms with Crippen molar-refractivity contribution in [2.45, 2.75) is 38.6 Å². The Bertz CT molecular complexity index is 722. The predicted molar refractivity (Wildman–Crippen MR) is 109 cm³/mol. The highest BCUT2D eigenvalue weighted by Gasteiger charge is 2.41. The smallest absolute Gasteiger partial charge is 0.219 e. The molecule has 0 amide bonds. The zero-order valence-corrected chi connectivity index (χ0v) is 16.3. The molecule has 2 aliphatic rings. The SMILES string of the molecule is CCN1C[C@H](c2ccccc2)CC2(CCN(Cc3cnc(N)nc3)CC2)C1. The third kappa shape index (κ3) is 4.30. The summed E-state index contributed by atoms with van der Waals surface area (Å²) in [5.41, 5.74) is 8.73. The highest BCUT2D eigenvalue weighted by Crippen LogP contribution is 2.45. The summed E-state index contributed by atoms with van der Waals surface area (Å²) in [6.07, 6.45) is 7.60. The van der Waals surface area contributed by atoms with E-state index in [1.165, 1.54) is 37.9 Å². The number of aromatic nitrogens is 2. The van der Waals surface area contributed by atoms with Crippen LogP contribution in [0.4, 0.5) is 5.95 Å². The van der Waals surface area contributed by atoms with E-state index < -0.39 is 0 Å². The lowest BCUT2D eigenvalue weighted by Crippen LogP contribution is -2.51. The Morgan fingerprint density at radius 1 is 1.07 bits per heavy atom. The number of hydrogen-bond acceptors (Lipinski definition) is 5. The van der Waals surface area contributed by atoms with Gasteiger partial charge in [-0.1, -0.05) is 37.3 Å². The molecule has 5 nitrogen and oxygen atoms in total. The Labute approximate surface area is 162 Å². The molecule has 2 N–H and O–H groups in total. The number of piperidine rings is 2. The average Bonchev–Trinajstić information content (AvgIpc) is 2.72. The van der Waals surface area contributed by atoms with Crippen LogP contribution in [0.2, 0.25) is 0 Å². The lowest BCUT2D eigenvalue weighted by atomic mass is 9.68. The van der Waals surface area contributed by atoms with Crippen molar-refractivity contribution in [3.63, 3.8) is 0 Å². The minimum absolute atomic E-state index is 0.352. The van der Waals surface area contributed by atoms with Gasteiger partial charge in [0.05, 0.1) is 0 Å². The summed E-state index contributed by atoms with van der Waals surface area (Å²) in [6, 6.07) is 11.1. The van der Waals surface area contributed by atoms with Gasteiger partial charge in [0.2, 0.25) is 5.95 Å². The van der Waals surface area contributed by atoms with Crippen LogP contribution in [0.25, 0.3) is 0 Å². The van der Waals surface area contributed by atoms with E-state index in [0.29, 0.717) is 17.3 Å². The van der Waals surface area contributed by atoms with Gasteiger partial charge < -0.3 is 10.6 Å². The number of rotatable bonds is 4. The van der Waals surface area contributed by atoms with Gasteiger partial charge in [-0.25, -0.2) is 9.97 Å². The summed E-state index contributed by atoms with van der Waals surface area (Å²) in [6.45, 7) is 9.15. The van der Waals surface area contributed by atoms with Crippen LogP contribution in [-0.2, 0) is 6.54 Å². The molecule has 3 heterocycles.